The van der Waals surface area contributed by atoms with Crippen molar-refractivity contribution in [3.8, 4) is 0 Å². The zero-order chi connectivity index (χ0) is 3.58. The van der Waals surface area contributed by atoms with Crippen molar-refractivity contribution in [2.45, 2.75) is 19.6 Å². The molecular weight excluding hydrogens is 128 g/mol. The van der Waals surface area contributed by atoms with E-state index in [9.17, 15) is 0 Å². The van der Waals surface area contributed by atoms with E-state index in [0.29, 0.717) is 0 Å². The molecular formula is C3H9CuSi+. The Bertz CT molecular complexity index is 11.6. The smallest absolute Gasteiger partial charge is 0.0715 e. The third-order valence-electron chi connectivity index (χ3n) is 0. The maximum absolute atomic E-state index is 2.27. The number of hydrogen-bond donors (Lipinski definition) is 0. The predicted molar refractivity (Wildman–Crippen MR) is 23.3 cm³/mol. The second kappa shape index (κ2) is 4.74. The van der Waals surface area contributed by atoms with Crippen LogP contribution in [0.3, 0.4) is 0 Å². The monoisotopic (exact) mass is 136 g/mol. The molecule has 0 aromatic carbocycles. The maximum Gasteiger partial charge on any atom is 1.00 e. The first-order valence-electron chi connectivity index (χ1n) is 1.50. The molecule has 0 bridgehead atoms. The van der Waals surface area contributed by atoms with Crippen LogP contribution in [0.1, 0.15) is 0 Å². The van der Waals surface area contributed by atoms with Gasteiger partial charge in [0, 0.05) is 8.80 Å². The summed E-state index contributed by atoms with van der Waals surface area (Å²) in [6, 6.07) is 0. The first-order valence-corrected chi connectivity index (χ1v) is 4.50. The fourth-order valence-corrected chi connectivity index (χ4v) is 0. The molecule has 0 rings (SSSR count). The van der Waals surface area contributed by atoms with Crippen LogP contribution >= 0.6 is 0 Å². The molecule has 0 N–H and O–H groups in total. The Kier molecular flexibility index (Phi) is 8.73. The molecule has 0 spiro atoms. The molecule has 0 heterocycles. The summed E-state index contributed by atoms with van der Waals surface area (Å²) in [5, 5.41) is 0. The fraction of sp³-hybridized carbons (Fsp3) is 1.00. The van der Waals surface area contributed by atoms with E-state index in [2.05, 4.69) is 19.6 Å². The molecule has 0 aliphatic heterocycles. The van der Waals surface area contributed by atoms with Gasteiger partial charge in [-0.1, -0.05) is 19.6 Å². The van der Waals surface area contributed by atoms with Crippen molar-refractivity contribution in [1.82, 2.24) is 0 Å². The van der Waals surface area contributed by atoms with Gasteiger partial charge in [-0.2, -0.15) is 0 Å². The topological polar surface area (TPSA) is 0 Å². The summed E-state index contributed by atoms with van der Waals surface area (Å²) in [6.45, 7) is 6.81. The van der Waals surface area contributed by atoms with E-state index in [0.717, 1.165) is 0 Å². The van der Waals surface area contributed by atoms with Gasteiger partial charge in [-0.05, 0) is 0 Å². The Morgan fingerprint density at radius 2 is 1.00 bits per heavy atom. The Hall–Kier alpha value is 0.736. The van der Waals surface area contributed by atoms with Gasteiger partial charge in [0.05, 0.1) is 0 Å². The van der Waals surface area contributed by atoms with Crippen LogP contribution in [-0.4, -0.2) is 8.80 Å². The van der Waals surface area contributed by atoms with Gasteiger partial charge in [-0.25, -0.2) is 0 Å². The van der Waals surface area contributed by atoms with Crippen molar-refractivity contribution < 1.29 is 17.1 Å². The SMILES string of the molecule is C[Si](C)C.[Cu+]. The van der Waals surface area contributed by atoms with Gasteiger partial charge in [-0.15, -0.1) is 0 Å². The second-order valence-electron chi connectivity index (χ2n) is 1.50. The van der Waals surface area contributed by atoms with Crippen molar-refractivity contribution in [2.24, 2.45) is 0 Å². The van der Waals surface area contributed by atoms with Gasteiger partial charge in [0.2, 0.25) is 0 Å². The van der Waals surface area contributed by atoms with E-state index in [1.807, 2.05) is 0 Å². The molecule has 0 aliphatic rings. The summed E-state index contributed by atoms with van der Waals surface area (Å²) in [5.41, 5.74) is 0. The van der Waals surface area contributed by atoms with Crippen LogP contribution in [0.2, 0.25) is 19.6 Å². The average Bonchev–Trinajstić information content (AvgIpc) is 0.811. The largest absolute Gasteiger partial charge is 1.00 e. The van der Waals surface area contributed by atoms with E-state index in [4.69, 9.17) is 0 Å². The van der Waals surface area contributed by atoms with Gasteiger partial charge in [0.15, 0.2) is 0 Å². The quantitative estimate of drug-likeness (QED) is 0.442. The van der Waals surface area contributed by atoms with E-state index < -0.39 is 0 Å². The molecule has 0 unspecified atom stereocenters. The second-order valence-corrected chi connectivity index (χ2v) is 4.50. The molecule has 35 valence electrons. The van der Waals surface area contributed by atoms with Crippen LogP contribution < -0.4 is 0 Å². The molecule has 0 amide bonds. The Morgan fingerprint density at radius 3 is 1.00 bits per heavy atom. The van der Waals surface area contributed by atoms with Crippen molar-refractivity contribution in [3.05, 3.63) is 0 Å². The minimum absolute atomic E-state index is 0. The van der Waals surface area contributed by atoms with Crippen LogP contribution in [0.15, 0.2) is 0 Å². The molecule has 2 heteroatoms. The summed E-state index contributed by atoms with van der Waals surface area (Å²) >= 11 is 0. The van der Waals surface area contributed by atoms with Crippen molar-refractivity contribution in [3.63, 3.8) is 0 Å². The van der Waals surface area contributed by atoms with E-state index in [-0.39, 0.29) is 25.9 Å². The molecule has 0 nitrogen and oxygen atoms in total. The maximum atomic E-state index is 2.27. The van der Waals surface area contributed by atoms with Gasteiger partial charge in [0.25, 0.3) is 0 Å². The molecule has 0 fully saturated rings. The van der Waals surface area contributed by atoms with Crippen LogP contribution in [0.5, 0.6) is 0 Å². The van der Waals surface area contributed by atoms with E-state index >= 15 is 0 Å². The first kappa shape index (κ1) is 9.22. The standard InChI is InChI=1S/C3H9Si.Cu/c1-4(2)3;/h1-3H3;/q;+1. The number of hydrogen-bond acceptors (Lipinski definition) is 0. The minimum atomic E-state index is 0. The van der Waals surface area contributed by atoms with E-state index in [1.54, 1.807) is 0 Å². The Labute approximate surface area is 46.0 Å². The van der Waals surface area contributed by atoms with Crippen molar-refractivity contribution in [2.75, 3.05) is 0 Å². The summed E-state index contributed by atoms with van der Waals surface area (Å²) < 4.78 is 0. The minimum Gasteiger partial charge on any atom is -0.0715 e. The third kappa shape index (κ3) is 65.4. The summed E-state index contributed by atoms with van der Waals surface area (Å²) in [4.78, 5) is 0. The zero-order valence-corrected chi connectivity index (χ0v) is 5.74. The van der Waals surface area contributed by atoms with Gasteiger partial charge < -0.3 is 0 Å². The molecule has 5 heavy (non-hydrogen) atoms. The fourth-order valence-electron chi connectivity index (χ4n) is 0. The zero-order valence-electron chi connectivity index (χ0n) is 3.80. The molecule has 0 aromatic heterocycles. The molecule has 0 aromatic rings. The average molecular weight is 137 g/mol. The molecule has 0 saturated carbocycles. The molecule has 1 radical (unpaired) electrons. The first-order chi connectivity index (χ1) is 1.73. The van der Waals surface area contributed by atoms with E-state index in [1.165, 1.54) is 0 Å². The van der Waals surface area contributed by atoms with Crippen molar-refractivity contribution in [1.29, 1.82) is 0 Å². The van der Waals surface area contributed by atoms with Crippen LogP contribution in [0.4, 0.5) is 0 Å². The van der Waals surface area contributed by atoms with Crippen LogP contribution in [0, 0.1) is 0 Å². The van der Waals surface area contributed by atoms with Crippen LogP contribution in [-0.2, 0) is 17.1 Å². The summed E-state index contributed by atoms with van der Waals surface area (Å²) in [6.07, 6.45) is 0. The van der Waals surface area contributed by atoms with Crippen molar-refractivity contribution >= 4 is 8.80 Å². The normalized spacial score (nSPS) is 7.20. The predicted octanol–water partition coefficient (Wildman–Crippen LogP) is 1.37. The van der Waals surface area contributed by atoms with Gasteiger partial charge >= 0.3 is 17.1 Å². The Balaban J connectivity index is 0. The number of rotatable bonds is 0. The van der Waals surface area contributed by atoms with Gasteiger partial charge in [0.1, 0.15) is 0 Å². The Morgan fingerprint density at radius 1 is 1.00 bits per heavy atom. The molecule has 0 saturated heterocycles. The summed E-state index contributed by atoms with van der Waals surface area (Å²) in [5.74, 6) is 0. The molecule has 0 atom stereocenters. The van der Waals surface area contributed by atoms with Gasteiger partial charge in [-0.3, -0.25) is 0 Å². The third-order valence-corrected chi connectivity index (χ3v) is 0. The van der Waals surface area contributed by atoms with Crippen LogP contribution in [0.25, 0.3) is 0 Å². The molecule has 0 aliphatic carbocycles. The summed E-state index contributed by atoms with van der Waals surface area (Å²) in [7, 11) is 0.120.